The van der Waals surface area contributed by atoms with Crippen molar-refractivity contribution in [3.63, 3.8) is 0 Å². The van der Waals surface area contributed by atoms with Gasteiger partial charge in [-0.15, -0.1) is 0 Å². The Bertz CT molecular complexity index is 1210. The highest BCUT2D eigenvalue weighted by molar-refractivity contribution is 6.15. The van der Waals surface area contributed by atoms with E-state index in [9.17, 15) is 21.0 Å². The number of fused-ring (bicyclic) bond motifs is 3. The summed E-state index contributed by atoms with van der Waals surface area (Å²) in [5.41, 5.74) is 0.970. The zero-order chi connectivity index (χ0) is 21.7. The lowest BCUT2D eigenvalue weighted by molar-refractivity contribution is 0.849. The fourth-order valence-electron chi connectivity index (χ4n) is 3.05. The lowest BCUT2D eigenvalue weighted by atomic mass is 9.88. The third kappa shape index (κ3) is 3.08. The molecule has 0 spiro atoms. The van der Waals surface area contributed by atoms with Crippen molar-refractivity contribution in [2.75, 3.05) is 5.32 Å². The Hall–Kier alpha value is -5.36. The number of hydrogen-bond donors (Lipinski definition) is 1. The van der Waals surface area contributed by atoms with Crippen LogP contribution in [0.15, 0.2) is 20.0 Å². The number of aliphatic imine (C=N–C) groups is 4. The van der Waals surface area contributed by atoms with Crippen LogP contribution in [0.2, 0.25) is 0 Å². The first-order valence-corrected chi connectivity index (χ1v) is 8.23. The van der Waals surface area contributed by atoms with Gasteiger partial charge in [0, 0.05) is 5.56 Å². The van der Waals surface area contributed by atoms with Crippen LogP contribution in [0, 0.1) is 73.9 Å². The molecule has 2 unspecified atom stereocenters. The Labute approximate surface area is 170 Å². The van der Waals surface area contributed by atoms with E-state index in [1.807, 2.05) is 24.3 Å². The number of nitriles is 6. The SMILES string of the molecule is N#C/C=N/c1c2c(c3c(c1/N=C/C#N)N=C(C#N)C(C#N)N3)CC(C#N)C(C#N)=N2. The minimum atomic E-state index is -1.05. The Kier molecular flexibility index (Phi) is 5.25. The van der Waals surface area contributed by atoms with Crippen molar-refractivity contribution in [1.82, 2.24) is 0 Å². The van der Waals surface area contributed by atoms with E-state index in [-0.39, 0.29) is 40.6 Å². The summed E-state index contributed by atoms with van der Waals surface area (Å²) in [6.07, 6.45) is 1.91. The molecule has 1 aromatic carbocycles. The molecule has 1 aromatic rings. The summed E-state index contributed by atoms with van der Waals surface area (Å²) in [5.74, 6) is -0.837. The third-order valence-corrected chi connectivity index (χ3v) is 4.28. The van der Waals surface area contributed by atoms with E-state index < -0.39 is 12.0 Å². The van der Waals surface area contributed by atoms with Crippen LogP contribution in [0.4, 0.5) is 28.4 Å². The Balaban J connectivity index is 2.50. The van der Waals surface area contributed by atoms with Gasteiger partial charge in [0.15, 0.2) is 11.8 Å². The van der Waals surface area contributed by atoms with E-state index in [2.05, 4.69) is 25.3 Å². The highest BCUT2D eigenvalue weighted by Crippen LogP contribution is 2.55. The molecule has 2 atom stereocenters. The normalized spacial score (nSPS) is 18.7. The predicted molar refractivity (Wildman–Crippen MR) is 105 cm³/mol. The molecule has 2 heterocycles. The minimum absolute atomic E-state index is 0.0323. The molecule has 0 aromatic heterocycles. The lowest BCUT2D eigenvalue weighted by Crippen LogP contribution is -2.31. The van der Waals surface area contributed by atoms with Gasteiger partial charge in [0.2, 0.25) is 0 Å². The maximum Gasteiger partial charge on any atom is 0.167 e. The first-order chi connectivity index (χ1) is 14.6. The monoisotopic (exact) mass is 389 g/mol. The van der Waals surface area contributed by atoms with Gasteiger partial charge in [-0.25, -0.2) is 20.0 Å². The van der Waals surface area contributed by atoms with Crippen LogP contribution in [0.5, 0.6) is 0 Å². The summed E-state index contributed by atoms with van der Waals surface area (Å²) in [4.78, 5) is 16.6. The quantitative estimate of drug-likeness (QED) is 0.746. The van der Waals surface area contributed by atoms with Gasteiger partial charge >= 0.3 is 0 Å². The molecular weight excluding hydrogens is 382 g/mol. The fourth-order valence-corrected chi connectivity index (χ4v) is 3.05. The van der Waals surface area contributed by atoms with Crippen molar-refractivity contribution in [3.05, 3.63) is 5.56 Å². The van der Waals surface area contributed by atoms with Crippen molar-refractivity contribution >= 4 is 52.3 Å². The van der Waals surface area contributed by atoms with Crippen LogP contribution in [0.3, 0.4) is 0 Å². The number of nitrogens with one attached hydrogen (secondary N) is 1. The largest absolute Gasteiger partial charge is 0.362 e. The minimum Gasteiger partial charge on any atom is -0.362 e. The van der Waals surface area contributed by atoms with Gasteiger partial charge in [-0.3, -0.25) is 0 Å². The summed E-state index contributed by atoms with van der Waals surface area (Å²) in [5, 5.41) is 58.3. The molecule has 0 radical (unpaired) electrons. The molecule has 2 aliphatic rings. The standard InChI is InChI=1S/C19H7N11/c20-1-3-26-17-15-11(5-10(6-22)12(7-23)28-15)16-19(18(17)27-4-2-21)30-14(9-25)13(8-24)29-16/h3-4,10,13,29H,5H2/b26-3+,27-4+. The summed E-state index contributed by atoms with van der Waals surface area (Å²) in [6.45, 7) is 0. The topological polar surface area (TPSA) is 204 Å². The number of nitrogens with zero attached hydrogens (tertiary/aromatic N) is 10. The van der Waals surface area contributed by atoms with Crippen LogP contribution in [-0.2, 0) is 6.42 Å². The zero-order valence-corrected chi connectivity index (χ0v) is 15.0. The van der Waals surface area contributed by atoms with Gasteiger partial charge in [0.25, 0.3) is 0 Å². The van der Waals surface area contributed by atoms with E-state index in [0.29, 0.717) is 11.3 Å². The van der Waals surface area contributed by atoms with Crippen LogP contribution >= 0.6 is 0 Å². The van der Waals surface area contributed by atoms with Crippen molar-refractivity contribution in [3.8, 4) is 36.4 Å². The Morgan fingerprint density at radius 1 is 0.833 bits per heavy atom. The number of rotatable bonds is 2. The highest BCUT2D eigenvalue weighted by atomic mass is 15.1. The second-order valence-electron chi connectivity index (χ2n) is 5.83. The lowest BCUT2D eigenvalue weighted by Gasteiger charge is -2.28. The molecule has 1 N–H and O–H groups in total. The van der Waals surface area contributed by atoms with Gasteiger partial charge in [-0.05, 0) is 6.42 Å². The van der Waals surface area contributed by atoms with Crippen molar-refractivity contribution < 1.29 is 0 Å². The van der Waals surface area contributed by atoms with Gasteiger partial charge < -0.3 is 5.32 Å². The maximum absolute atomic E-state index is 9.42. The summed E-state index contributed by atoms with van der Waals surface area (Å²) in [7, 11) is 0. The Morgan fingerprint density at radius 3 is 1.97 bits per heavy atom. The molecule has 11 heteroatoms. The molecule has 3 rings (SSSR count). The molecule has 11 nitrogen and oxygen atoms in total. The average Bonchev–Trinajstić information content (AvgIpc) is 2.79. The number of benzene rings is 1. The second kappa shape index (κ2) is 8.12. The smallest absolute Gasteiger partial charge is 0.167 e. The van der Waals surface area contributed by atoms with Crippen LogP contribution in [0.25, 0.3) is 0 Å². The van der Waals surface area contributed by atoms with Gasteiger partial charge in [-0.1, -0.05) is 0 Å². The van der Waals surface area contributed by atoms with Crippen LogP contribution < -0.4 is 5.32 Å². The van der Waals surface area contributed by atoms with Crippen molar-refractivity contribution in [1.29, 1.82) is 31.6 Å². The van der Waals surface area contributed by atoms with Crippen LogP contribution in [-0.4, -0.2) is 29.9 Å². The fraction of sp³-hybridized carbons (Fsp3) is 0.158. The maximum atomic E-state index is 9.42. The van der Waals surface area contributed by atoms with E-state index in [4.69, 9.17) is 10.5 Å². The van der Waals surface area contributed by atoms with E-state index in [0.717, 1.165) is 12.4 Å². The van der Waals surface area contributed by atoms with Gasteiger partial charge in [-0.2, -0.15) is 31.6 Å². The number of hydrogen-bond acceptors (Lipinski definition) is 11. The predicted octanol–water partition coefficient (Wildman–Crippen LogP) is 2.34. The third-order valence-electron chi connectivity index (χ3n) is 4.28. The van der Waals surface area contributed by atoms with Crippen LogP contribution in [0.1, 0.15) is 5.56 Å². The molecule has 30 heavy (non-hydrogen) atoms. The van der Waals surface area contributed by atoms with Gasteiger partial charge in [0.05, 0.1) is 23.5 Å². The van der Waals surface area contributed by atoms with E-state index in [1.54, 1.807) is 12.1 Å². The Morgan fingerprint density at radius 2 is 1.43 bits per heavy atom. The molecule has 0 fully saturated rings. The van der Waals surface area contributed by atoms with E-state index in [1.165, 1.54) is 0 Å². The van der Waals surface area contributed by atoms with Crippen molar-refractivity contribution in [2.45, 2.75) is 12.5 Å². The molecule has 2 aliphatic heterocycles. The zero-order valence-electron chi connectivity index (χ0n) is 15.0. The van der Waals surface area contributed by atoms with Gasteiger partial charge in [0.1, 0.15) is 65.4 Å². The van der Waals surface area contributed by atoms with E-state index >= 15 is 0 Å². The molecule has 0 bridgehead atoms. The molecule has 138 valence electrons. The number of anilines is 1. The summed E-state index contributed by atoms with van der Waals surface area (Å²) < 4.78 is 0. The first kappa shape index (κ1) is 19.4. The molecule has 0 saturated heterocycles. The summed E-state index contributed by atoms with van der Waals surface area (Å²) >= 11 is 0. The average molecular weight is 389 g/mol. The second-order valence-corrected chi connectivity index (χ2v) is 5.83. The molecular formula is C19H7N11. The first-order valence-electron chi connectivity index (χ1n) is 8.23. The molecule has 0 amide bonds. The molecule has 0 saturated carbocycles. The molecule has 0 aliphatic carbocycles. The highest BCUT2D eigenvalue weighted by Gasteiger charge is 2.35. The van der Waals surface area contributed by atoms with Crippen molar-refractivity contribution in [2.24, 2.45) is 25.9 Å². The summed E-state index contributed by atoms with van der Waals surface area (Å²) in [6, 6.07) is 10.1.